The Hall–Kier alpha value is -1.36. The number of amides is 1. The van der Waals surface area contributed by atoms with Gasteiger partial charge in [0.15, 0.2) is 5.58 Å². The molecule has 17 heavy (non-hydrogen) atoms. The van der Waals surface area contributed by atoms with E-state index in [4.69, 9.17) is 4.42 Å². The molecule has 4 nitrogen and oxygen atoms in total. The number of rotatable bonds is 4. The Morgan fingerprint density at radius 1 is 1.53 bits per heavy atom. The van der Waals surface area contributed by atoms with Gasteiger partial charge in [0.05, 0.1) is 6.54 Å². The summed E-state index contributed by atoms with van der Waals surface area (Å²) in [5, 5.41) is 2.77. The molecule has 0 atom stereocenters. The van der Waals surface area contributed by atoms with Crippen molar-refractivity contribution >= 4 is 32.9 Å². The fourth-order valence-electron chi connectivity index (χ4n) is 1.51. The minimum atomic E-state index is 0.0240. The maximum atomic E-state index is 11.3. The number of benzene rings is 1. The molecule has 0 spiro atoms. The average molecular weight is 297 g/mol. The zero-order valence-corrected chi connectivity index (χ0v) is 11.1. The third kappa shape index (κ3) is 3.06. The predicted molar refractivity (Wildman–Crippen MR) is 68.5 cm³/mol. The third-order valence-corrected chi connectivity index (χ3v) is 2.80. The van der Waals surface area contributed by atoms with Crippen LogP contribution in [-0.2, 0) is 11.3 Å². The van der Waals surface area contributed by atoms with Crippen LogP contribution in [0.15, 0.2) is 27.1 Å². The van der Waals surface area contributed by atoms with Crippen LogP contribution in [0.3, 0.4) is 0 Å². The van der Waals surface area contributed by atoms with Crippen molar-refractivity contribution in [1.29, 1.82) is 0 Å². The highest BCUT2D eigenvalue weighted by Gasteiger charge is 2.07. The van der Waals surface area contributed by atoms with Gasteiger partial charge in [-0.05, 0) is 24.6 Å². The molecule has 0 saturated heterocycles. The van der Waals surface area contributed by atoms with E-state index in [-0.39, 0.29) is 5.91 Å². The van der Waals surface area contributed by atoms with Crippen LogP contribution in [0.2, 0.25) is 0 Å². The molecule has 0 unspecified atom stereocenters. The highest BCUT2D eigenvalue weighted by molar-refractivity contribution is 9.10. The second-order valence-corrected chi connectivity index (χ2v) is 4.66. The summed E-state index contributed by atoms with van der Waals surface area (Å²) < 4.78 is 6.46. The van der Waals surface area contributed by atoms with Gasteiger partial charge in [-0.3, -0.25) is 4.79 Å². The molecule has 5 heteroatoms. The molecule has 0 aliphatic heterocycles. The van der Waals surface area contributed by atoms with Crippen LogP contribution in [-0.4, -0.2) is 10.9 Å². The van der Waals surface area contributed by atoms with Gasteiger partial charge in [-0.15, -0.1) is 0 Å². The Labute approximate surface area is 108 Å². The molecular weight excluding hydrogens is 284 g/mol. The number of aromatic nitrogens is 1. The highest BCUT2D eigenvalue weighted by Crippen LogP contribution is 2.20. The predicted octanol–water partition coefficient (Wildman–Crippen LogP) is 3.01. The molecule has 1 N–H and O–H groups in total. The molecular formula is C12H13BrN2O2. The molecule has 1 aromatic heterocycles. The van der Waals surface area contributed by atoms with Gasteiger partial charge < -0.3 is 9.73 Å². The van der Waals surface area contributed by atoms with E-state index in [9.17, 15) is 4.79 Å². The summed E-state index contributed by atoms with van der Waals surface area (Å²) in [7, 11) is 0. The zero-order chi connectivity index (χ0) is 12.3. The standard InChI is InChI=1S/C12H13BrN2O2/c1-2-3-11(16)14-7-12-15-9-6-8(13)4-5-10(9)17-12/h4-6H,2-3,7H2,1H3,(H,14,16). The summed E-state index contributed by atoms with van der Waals surface area (Å²) >= 11 is 3.37. The van der Waals surface area contributed by atoms with Crippen LogP contribution in [0.5, 0.6) is 0 Å². The lowest BCUT2D eigenvalue weighted by Crippen LogP contribution is -2.22. The number of fused-ring (bicyclic) bond motifs is 1. The van der Waals surface area contributed by atoms with Crippen molar-refractivity contribution in [3.63, 3.8) is 0 Å². The van der Waals surface area contributed by atoms with Crippen molar-refractivity contribution in [2.24, 2.45) is 0 Å². The van der Waals surface area contributed by atoms with Crippen molar-refractivity contribution in [3.8, 4) is 0 Å². The first kappa shape index (κ1) is 12.1. The minimum Gasteiger partial charge on any atom is -0.439 e. The average Bonchev–Trinajstić information content (AvgIpc) is 2.68. The monoisotopic (exact) mass is 296 g/mol. The summed E-state index contributed by atoms with van der Waals surface area (Å²) in [5.74, 6) is 0.554. The van der Waals surface area contributed by atoms with Crippen LogP contribution in [0.1, 0.15) is 25.7 Å². The Morgan fingerprint density at radius 3 is 3.12 bits per heavy atom. The van der Waals surface area contributed by atoms with E-state index in [0.29, 0.717) is 18.9 Å². The lowest BCUT2D eigenvalue weighted by Gasteiger charge is -1.99. The Bertz CT molecular complexity index is 536. The topological polar surface area (TPSA) is 55.1 Å². The first-order chi connectivity index (χ1) is 8.19. The van der Waals surface area contributed by atoms with Crippen molar-refractivity contribution in [2.45, 2.75) is 26.3 Å². The quantitative estimate of drug-likeness (QED) is 0.943. The maximum Gasteiger partial charge on any atom is 0.220 e. The van der Waals surface area contributed by atoms with Crippen molar-refractivity contribution in [1.82, 2.24) is 10.3 Å². The van der Waals surface area contributed by atoms with E-state index in [1.165, 1.54) is 0 Å². The number of oxazole rings is 1. The molecule has 1 amide bonds. The van der Waals surface area contributed by atoms with E-state index in [1.54, 1.807) is 0 Å². The number of hydrogen-bond acceptors (Lipinski definition) is 3. The van der Waals surface area contributed by atoms with Crippen molar-refractivity contribution in [3.05, 3.63) is 28.6 Å². The van der Waals surface area contributed by atoms with Crippen LogP contribution >= 0.6 is 15.9 Å². The lowest BCUT2D eigenvalue weighted by atomic mass is 10.3. The second kappa shape index (κ2) is 5.31. The molecule has 0 aliphatic carbocycles. The van der Waals surface area contributed by atoms with Crippen LogP contribution in [0.4, 0.5) is 0 Å². The van der Waals surface area contributed by atoms with E-state index >= 15 is 0 Å². The largest absolute Gasteiger partial charge is 0.439 e. The van der Waals surface area contributed by atoms with Gasteiger partial charge in [-0.25, -0.2) is 4.98 Å². The van der Waals surface area contributed by atoms with E-state index in [1.807, 2.05) is 25.1 Å². The summed E-state index contributed by atoms with van der Waals surface area (Å²) in [5.41, 5.74) is 1.52. The van der Waals surface area contributed by atoms with Gasteiger partial charge in [-0.2, -0.15) is 0 Å². The molecule has 2 rings (SSSR count). The Morgan fingerprint density at radius 2 is 2.35 bits per heavy atom. The fourth-order valence-corrected chi connectivity index (χ4v) is 1.86. The molecule has 1 aromatic carbocycles. The van der Waals surface area contributed by atoms with Crippen LogP contribution in [0.25, 0.3) is 11.1 Å². The Balaban J connectivity index is 2.07. The summed E-state index contributed by atoms with van der Waals surface area (Å²) in [6.45, 7) is 2.31. The lowest BCUT2D eigenvalue weighted by molar-refractivity contribution is -0.121. The summed E-state index contributed by atoms with van der Waals surface area (Å²) in [4.78, 5) is 15.6. The Kier molecular flexibility index (Phi) is 3.78. The van der Waals surface area contributed by atoms with Crippen molar-refractivity contribution in [2.75, 3.05) is 0 Å². The number of halogens is 1. The van der Waals surface area contributed by atoms with Gasteiger partial charge in [0, 0.05) is 10.9 Å². The molecule has 0 bridgehead atoms. The molecule has 0 aliphatic rings. The number of nitrogens with one attached hydrogen (secondary N) is 1. The summed E-state index contributed by atoms with van der Waals surface area (Å²) in [6.07, 6.45) is 1.37. The summed E-state index contributed by atoms with van der Waals surface area (Å²) in [6, 6.07) is 5.63. The smallest absolute Gasteiger partial charge is 0.220 e. The van der Waals surface area contributed by atoms with E-state index < -0.39 is 0 Å². The normalized spacial score (nSPS) is 10.7. The fraction of sp³-hybridized carbons (Fsp3) is 0.333. The van der Waals surface area contributed by atoms with Gasteiger partial charge in [0.25, 0.3) is 0 Å². The number of hydrogen-bond donors (Lipinski definition) is 1. The molecule has 0 saturated carbocycles. The van der Waals surface area contributed by atoms with Crippen LogP contribution in [0, 0.1) is 0 Å². The first-order valence-corrected chi connectivity index (χ1v) is 6.30. The maximum absolute atomic E-state index is 11.3. The number of carbonyl (C=O) groups excluding carboxylic acids is 1. The third-order valence-electron chi connectivity index (χ3n) is 2.31. The van der Waals surface area contributed by atoms with Crippen LogP contribution < -0.4 is 5.32 Å². The first-order valence-electron chi connectivity index (χ1n) is 5.50. The molecule has 0 radical (unpaired) electrons. The van der Waals surface area contributed by atoms with E-state index in [0.717, 1.165) is 22.0 Å². The van der Waals surface area contributed by atoms with Gasteiger partial charge >= 0.3 is 0 Å². The van der Waals surface area contributed by atoms with Gasteiger partial charge in [0.1, 0.15) is 5.52 Å². The zero-order valence-electron chi connectivity index (χ0n) is 9.50. The SMILES string of the molecule is CCCC(=O)NCc1nc2cc(Br)ccc2o1. The number of nitrogens with zero attached hydrogens (tertiary/aromatic N) is 1. The molecule has 90 valence electrons. The minimum absolute atomic E-state index is 0.0240. The van der Waals surface area contributed by atoms with Gasteiger partial charge in [-0.1, -0.05) is 22.9 Å². The van der Waals surface area contributed by atoms with Gasteiger partial charge in [0.2, 0.25) is 11.8 Å². The molecule has 1 heterocycles. The molecule has 2 aromatic rings. The molecule has 0 fully saturated rings. The number of carbonyl (C=O) groups is 1. The van der Waals surface area contributed by atoms with Crippen molar-refractivity contribution < 1.29 is 9.21 Å². The second-order valence-electron chi connectivity index (χ2n) is 3.75. The van der Waals surface area contributed by atoms with E-state index in [2.05, 4.69) is 26.2 Å². The highest BCUT2D eigenvalue weighted by atomic mass is 79.9.